The third-order valence-electron chi connectivity index (χ3n) is 2.46. The average Bonchev–Trinajstić information content (AvgIpc) is 2.45. The zero-order valence-corrected chi connectivity index (χ0v) is 14.8. The first-order valence-corrected chi connectivity index (χ1v) is 6.06. The van der Waals surface area contributed by atoms with E-state index in [0.29, 0.717) is 12.8 Å². The molecular formula is C14H14O6Zn. The van der Waals surface area contributed by atoms with E-state index in [4.69, 9.17) is 8.83 Å². The Balaban J connectivity index is 0.000000364. The molecule has 2 rings (SSSR count). The SMILES string of the molecule is CCc1occc(=O)c1[O-].CCc1occc(=O)c1[O-].[Zn+2]. The summed E-state index contributed by atoms with van der Waals surface area (Å²) in [6, 6.07) is 2.25. The van der Waals surface area contributed by atoms with Crippen LogP contribution in [0, 0.1) is 0 Å². The molecule has 0 aliphatic carbocycles. The van der Waals surface area contributed by atoms with Gasteiger partial charge >= 0.3 is 19.5 Å². The summed E-state index contributed by atoms with van der Waals surface area (Å²) in [5, 5.41) is 21.6. The van der Waals surface area contributed by atoms with Gasteiger partial charge in [0, 0.05) is 25.0 Å². The fraction of sp³-hybridized carbons (Fsp3) is 0.286. The van der Waals surface area contributed by atoms with Gasteiger partial charge < -0.3 is 19.0 Å². The molecule has 0 saturated carbocycles. The summed E-state index contributed by atoms with van der Waals surface area (Å²) in [5.41, 5.74) is -0.994. The summed E-state index contributed by atoms with van der Waals surface area (Å²) in [6.45, 7) is 3.53. The van der Waals surface area contributed by atoms with E-state index in [-0.39, 0.29) is 31.0 Å². The fourth-order valence-corrected chi connectivity index (χ4v) is 1.38. The van der Waals surface area contributed by atoms with Gasteiger partial charge in [-0.1, -0.05) is 13.8 Å². The number of hydrogen-bond donors (Lipinski definition) is 0. The van der Waals surface area contributed by atoms with Crippen LogP contribution in [0.25, 0.3) is 0 Å². The van der Waals surface area contributed by atoms with E-state index < -0.39 is 22.4 Å². The van der Waals surface area contributed by atoms with Crippen LogP contribution in [0.2, 0.25) is 0 Å². The van der Waals surface area contributed by atoms with Crippen LogP contribution in [-0.2, 0) is 32.3 Å². The van der Waals surface area contributed by atoms with Crippen molar-refractivity contribution in [1.82, 2.24) is 0 Å². The molecule has 2 heterocycles. The topological polar surface area (TPSA) is 107 Å². The molecule has 0 unspecified atom stereocenters. The molecule has 0 aromatic carbocycles. The van der Waals surface area contributed by atoms with Crippen LogP contribution in [-0.4, -0.2) is 0 Å². The van der Waals surface area contributed by atoms with Crippen LogP contribution in [0.4, 0.5) is 0 Å². The molecule has 0 atom stereocenters. The first kappa shape index (κ1) is 19.1. The third-order valence-corrected chi connectivity index (χ3v) is 2.46. The Bertz CT molecular complexity index is 614. The monoisotopic (exact) mass is 342 g/mol. The molecule has 2 aromatic rings. The summed E-state index contributed by atoms with van der Waals surface area (Å²) < 4.78 is 9.55. The quantitative estimate of drug-likeness (QED) is 0.737. The van der Waals surface area contributed by atoms with Crippen molar-refractivity contribution in [2.75, 3.05) is 0 Å². The summed E-state index contributed by atoms with van der Waals surface area (Å²) >= 11 is 0. The van der Waals surface area contributed by atoms with Gasteiger partial charge in [0.25, 0.3) is 0 Å². The molecule has 0 saturated heterocycles. The van der Waals surface area contributed by atoms with Gasteiger partial charge in [0.15, 0.2) is 10.9 Å². The van der Waals surface area contributed by atoms with Crippen LogP contribution in [0.5, 0.6) is 11.5 Å². The molecule has 0 radical (unpaired) electrons. The average molecular weight is 344 g/mol. The molecule has 2 aromatic heterocycles. The molecule has 0 aliphatic rings. The second-order valence-corrected chi connectivity index (χ2v) is 3.78. The smallest absolute Gasteiger partial charge is 0.868 e. The van der Waals surface area contributed by atoms with Crippen molar-refractivity contribution in [3.05, 3.63) is 56.6 Å². The Morgan fingerprint density at radius 2 is 1.19 bits per heavy atom. The van der Waals surface area contributed by atoms with E-state index >= 15 is 0 Å². The van der Waals surface area contributed by atoms with Crippen molar-refractivity contribution >= 4 is 0 Å². The van der Waals surface area contributed by atoms with Gasteiger partial charge in [0.05, 0.1) is 24.0 Å². The maximum atomic E-state index is 10.8. The van der Waals surface area contributed by atoms with E-state index in [1.807, 2.05) is 0 Å². The van der Waals surface area contributed by atoms with Crippen LogP contribution < -0.4 is 21.1 Å². The van der Waals surface area contributed by atoms with Gasteiger partial charge in [-0.2, -0.15) is 0 Å². The van der Waals surface area contributed by atoms with Gasteiger partial charge in [-0.25, -0.2) is 0 Å². The second-order valence-electron chi connectivity index (χ2n) is 3.78. The van der Waals surface area contributed by atoms with Crippen molar-refractivity contribution in [3.63, 3.8) is 0 Å². The van der Waals surface area contributed by atoms with Crippen LogP contribution >= 0.6 is 0 Å². The van der Waals surface area contributed by atoms with Crippen molar-refractivity contribution in [2.24, 2.45) is 0 Å². The molecule has 7 heteroatoms. The molecule has 6 nitrogen and oxygen atoms in total. The summed E-state index contributed by atoms with van der Waals surface area (Å²) in [4.78, 5) is 21.3. The van der Waals surface area contributed by atoms with E-state index in [0.717, 1.165) is 12.1 Å². The zero-order chi connectivity index (χ0) is 15.1. The molecule has 0 spiro atoms. The van der Waals surface area contributed by atoms with E-state index in [1.54, 1.807) is 13.8 Å². The Hall–Kier alpha value is -1.88. The summed E-state index contributed by atoms with van der Waals surface area (Å²) in [7, 11) is 0. The Labute approximate surface area is 133 Å². The molecular weight excluding hydrogens is 330 g/mol. The minimum atomic E-state index is -0.523. The Morgan fingerprint density at radius 3 is 1.43 bits per heavy atom. The van der Waals surface area contributed by atoms with Gasteiger partial charge in [0.1, 0.15) is 0 Å². The van der Waals surface area contributed by atoms with Gasteiger partial charge in [-0.15, -0.1) is 0 Å². The maximum Gasteiger partial charge on any atom is 2.00 e. The van der Waals surface area contributed by atoms with Gasteiger partial charge in [-0.3, -0.25) is 9.59 Å². The molecule has 0 aliphatic heterocycles. The standard InChI is InChI=1S/2C7H8O3.Zn/c2*1-2-6-7(9)5(8)3-4-10-6;/h2*3-4,9H,2H2,1H3;/q;;+2/p-2. The third kappa shape index (κ3) is 5.19. The van der Waals surface area contributed by atoms with Crippen molar-refractivity contribution in [2.45, 2.75) is 26.7 Å². The predicted molar refractivity (Wildman–Crippen MR) is 67.6 cm³/mol. The maximum absolute atomic E-state index is 10.8. The minimum absolute atomic E-state index is 0. The first-order valence-electron chi connectivity index (χ1n) is 6.06. The molecule has 0 amide bonds. The summed E-state index contributed by atoms with van der Waals surface area (Å²) in [5.74, 6) is -0.588. The van der Waals surface area contributed by atoms with Crippen molar-refractivity contribution in [3.8, 4) is 11.5 Å². The van der Waals surface area contributed by atoms with E-state index in [9.17, 15) is 19.8 Å². The number of rotatable bonds is 2. The summed E-state index contributed by atoms with van der Waals surface area (Å²) in [6.07, 6.45) is 3.41. The first-order chi connectivity index (χ1) is 9.51. The van der Waals surface area contributed by atoms with Crippen molar-refractivity contribution in [1.29, 1.82) is 0 Å². The fourth-order valence-electron chi connectivity index (χ4n) is 1.38. The Kier molecular flexibility index (Phi) is 8.32. The van der Waals surface area contributed by atoms with Crippen LogP contribution in [0.1, 0.15) is 25.4 Å². The molecule has 0 N–H and O–H groups in total. The van der Waals surface area contributed by atoms with E-state index in [2.05, 4.69) is 0 Å². The van der Waals surface area contributed by atoms with Crippen LogP contribution in [0.15, 0.2) is 43.1 Å². The van der Waals surface area contributed by atoms with Crippen molar-refractivity contribution < 1.29 is 38.5 Å². The van der Waals surface area contributed by atoms with Gasteiger partial charge in [-0.05, 0) is 11.5 Å². The van der Waals surface area contributed by atoms with Crippen LogP contribution in [0.3, 0.4) is 0 Å². The minimum Gasteiger partial charge on any atom is -0.868 e. The number of aryl methyl sites for hydroxylation is 2. The van der Waals surface area contributed by atoms with E-state index in [1.165, 1.54) is 12.5 Å². The molecule has 108 valence electrons. The van der Waals surface area contributed by atoms with Gasteiger partial charge in [0.2, 0.25) is 0 Å². The molecule has 0 fully saturated rings. The normalized spacial score (nSPS) is 9.24. The largest absolute Gasteiger partial charge is 2.00 e. The molecule has 0 bridgehead atoms. The second kappa shape index (κ2) is 9.13. The predicted octanol–water partition coefficient (Wildman–Crippen LogP) is 0.549. The Morgan fingerprint density at radius 1 is 0.857 bits per heavy atom. The number of hydrogen-bond acceptors (Lipinski definition) is 6. The zero-order valence-electron chi connectivity index (χ0n) is 11.9. The molecule has 21 heavy (non-hydrogen) atoms.